The van der Waals surface area contributed by atoms with Crippen molar-refractivity contribution in [1.82, 2.24) is 5.01 Å². The van der Waals surface area contributed by atoms with E-state index in [-0.39, 0.29) is 24.3 Å². The molecule has 3 aromatic carbocycles. The summed E-state index contributed by atoms with van der Waals surface area (Å²) >= 11 is 1.32. The van der Waals surface area contributed by atoms with Crippen molar-refractivity contribution in [1.29, 1.82) is 0 Å². The van der Waals surface area contributed by atoms with Crippen molar-refractivity contribution >= 4 is 40.1 Å². The van der Waals surface area contributed by atoms with Crippen molar-refractivity contribution in [3.8, 4) is 0 Å². The maximum absolute atomic E-state index is 12.8. The molecule has 0 saturated carbocycles. The molecule has 0 spiro atoms. The van der Waals surface area contributed by atoms with E-state index < -0.39 is 5.25 Å². The maximum Gasteiger partial charge on any atom is 0.262 e. The summed E-state index contributed by atoms with van der Waals surface area (Å²) in [6.07, 6.45) is 1.71. The minimum Gasteiger partial charge on any atom is -0.326 e. The Hall–Kier alpha value is -3.71. The molecule has 2 atom stereocenters. The number of hydrogen-bond donors (Lipinski definition) is 1. The molecule has 0 fully saturated rings. The minimum atomic E-state index is -0.565. The van der Waals surface area contributed by atoms with Gasteiger partial charge in [0.05, 0.1) is 11.8 Å². The van der Waals surface area contributed by atoms with E-state index in [1.807, 2.05) is 59.6 Å². The van der Waals surface area contributed by atoms with E-state index in [1.165, 1.54) is 22.9 Å². The van der Waals surface area contributed by atoms with Crippen molar-refractivity contribution in [3.05, 3.63) is 101 Å². The van der Waals surface area contributed by atoms with E-state index in [0.29, 0.717) is 11.6 Å². The zero-order chi connectivity index (χ0) is 25.1. The van der Waals surface area contributed by atoms with E-state index in [2.05, 4.69) is 48.4 Å². The largest absolute Gasteiger partial charge is 0.326 e. The quantitative estimate of drug-likeness (QED) is 0.473. The van der Waals surface area contributed by atoms with Crippen molar-refractivity contribution < 1.29 is 9.59 Å². The first kappa shape index (κ1) is 24.0. The molecular weight excluding hydrogens is 468 g/mol. The predicted octanol–water partition coefficient (Wildman–Crippen LogP) is 5.74. The van der Waals surface area contributed by atoms with Crippen LogP contribution in [0.3, 0.4) is 0 Å². The molecule has 2 aliphatic rings. The van der Waals surface area contributed by atoms with Crippen molar-refractivity contribution in [2.75, 3.05) is 5.32 Å². The van der Waals surface area contributed by atoms with Crippen LogP contribution in [-0.4, -0.2) is 33.0 Å². The molecule has 2 heterocycles. The number of carbonyl (C=O) groups excluding carboxylic acids is 2. The summed E-state index contributed by atoms with van der Waals surface area (Å²) in [5.41, 5.74) is 6.24. The molecule has 0 bridgehead atoms. The average molecular weight is 497 g/mol. The number of amidine groups is 1. The average Bonchev–Trinajstić information content (AvgIpc) is 3.49. The number of nitrogens with zero attached hydrogens (tertiary/aromatic N) is 3. The molecule has 0 radical (unpaired) electrons. The van der Waals surface area contributed by atoms with Gasteiger partial charge in [0, 0.05) is 18.5 Å². The molecule has 2 amide bonds. The molecule has 7 heteroatoms. The standard InChI is InChI=1S/C29H28N4O2S/c1-3-20-11-15-23(16-12-20)30-27(34)18-26-28(35)31-29(36-26)33-25(22-13-9-19(2)10-14-22)17-24(32-33)21-7-5-4-6-8-21/h4-16,25-26H,3,17-18H2,1-2H3,(H,30,34)/t25-,26+/m1/s1. The van der Waals surface area contributed by atoms with Crippen LogP contribution in [0, 0.1) is 6.92 Å². The molecule has 5 rings (SSSR count). The number of aryl methyl sites for hydroxylation is 2. The number of rotatable bonds is 6. The van der Waals surface area contributed by atoms with Gasteiger partial charge in [0.1, 0.15) is 5.25 Å². The first-order valence-electron chi connectivity index (χ1n) is 12.2. The number of aliphatic imine (C=N–C) groups is 1. The number of anilines is 1. The predicted molar refractivity (Wildman–Crippen MR) is 146 cm³/mol. The van der Waals surface area contributed by atoms with Crippen molar-refractivity contribution in [2.24, 2.45) is 10.1 Å². The fraction of sp³-hybridized carbons (Fsp3) is 0.241. The Morgan fingerprint density at radius 3 is 2.44 bits per heavy atom. The van der Waals surface area contributed by atoms with Crippen LogP contribution in [0.4, 0.5) is 5.69 Å². The summed E-state index contributed by atoms with van der Waals surface area (Å²) in [5.74, 6) is -0.496. The van der Waals surface area contributed by atoms with Gasteiger partial charge in [-0.15, -0.1) is 0 Å². The second-order valence-corrected chi connectivity index (χ2v) is 10.2. The van der Waals surface area contributed by atoms with E-state index in [1.54, 1.807) is 0 Å². The normalized spacial score (nSPS) is 19.3. The number of benzene rings is 3. The van der Waals surface area contributed by atoms with E-state index in [9.17, 15) is 9.59 Å². The summed E-state index contributed by atoms with van der Waals surface area (Å²) in [4.78, 5) is 29.8. The van der Waals surface area contributed by atoms with Gasteiger partial charge in [0.25, 0.3) is 5.91 Å². The lowest BCUT2D eigenvalue weighted by molar-refractivity contribution is -0.121. The van der Waals surface area contributed by atoms with Gasteiger partial charge >= 0.3 is 0 Å². The monoisotopic (exact) mass is 496 g/mol. The molecule has 0 unspecified atom stereocenters. The zero-order valence-corrected chi connectivity index (χ0v) is 21.2. The highest BCUT2D eigenvalue weighted by molar-refractivity contribution is 8.15. The van der Waals surface area contributed by atoms with Crippen LogP contribution in [-0.2, 0) is 16.0 Å². The first-order chi connectivity index (χ1) is 17.5. The zero-order valence-electron chi connectivity index (χ0n) is 20.3. The van der Waals surface area contributed by atoms with E-state index in [4.69, 9.17) is 5.10 Å². The third kappa shape index (κ3) is 5.26. The van der Waals surface area contributed by atoms with Crippen molar-refractivity contribution in [2.45, 2.75) is 44.4 Å². The lowest BCUT2D eigenvalue weighted by Gasteiger charge is -2.23. The third-order valence-electron chi connectivity index (χ3n) is 6.42. The van der Waals surface area contributed by atoms with Crippen LogP contribution < -0.4 is 5.32 Å². The molecule has 1 N–H and O–H groups in total. The van der Waals surface area contributed by atoms with Crippen LogP contribution in [0.5, 0.6) is 0 Å². The SMILES string of the molecule is CCc1ccc(NC(=O)C[C@@H]2SC(N3N=C(c4ccccc4)C[C@@H]3c3ccc(C)cc3)=NC2=O)cc1. The summed E-state index contributed by atoms with van der Waals surface area (Å²) in [7, 11) is 0. The highest BCUT2D eigenvalue weighted by Gasteiger charge is 2.39. The van der Waals surface area contributed by atoms with Gasteiger partial charge in [-0.3, -0.25) is 9.59 Å². The van der Waals surface area contributed by atoms with Gasteiger partial charge in [-0.25, -0.2) is 5.01 Å². The van der Waals surface area contributed by atoms with Gasteiger partial charge < -0.3 is 5.32 Å². The Kier molecular flexibility index (Phi) is 7.00. The number of nitrogens with one attached hydrogen (secondary N) is 1. The van der Waals surface area contributed by atoms with Gasteiger partial charge in [0.15, 0.2) is 5.17 Å². The first-order valence-corrected chi connectivity index (χ1v) is 13.0. The van der Waals surface area contributed by atoms with Crippen LogP contribution >= 0.6 is 11.8 Å². The van der Waals surface area contributed by atoms with Crippen LogP contribution in [0.2, 0.25) is 0 Å². The van der Waals surface area contributed by atoms with Crippen LogP contribution in [0.15, 0.2) is 89.0 Å². The van der Waals surface area contributed by atoms with Crippen LogP contribution in [0.25, 0.3) is 0 Å². The lowest BCUT2D eigenvalue weighted by atomic mass is 9.98. The molecule has 182 valence electrons. The molecular formula is C29H28N4O2S. The third-order valence-corrected chi connectivity index (χ3v) is 7.56. The van der Waals surface area contributed by atoms with Crippen molar-refractivity contribution in [3.63, 3.8) is 0 Å². The fourth-order valence-electron chi connectivity index (χ4n) is 4.35. The number of amides is 2. The second kappa shape index (κ2) is 10.5. The summed E-state index contributed by atoms with van der Waals surface area (Å²) in [6, 6.07) is 26.1. The molecule has 6 nitrogen and oxygen atoms in total. The van der Waals surface area contributed by atoms with Gasteiger partial charge in [-0.1, -0.05) is 91.0 Å². The molecule has 2 aliphatic heterocycles. The number of thioether (sulfide) groups is 1. The minimum absolute atomic E-state index is 0.0598. The Bertz CT molecular complexity index is 1320. The number of hydrazone groups is 1. The van der Waals surface area contributed by atoms with E-state index in [0.717, 1.165) is 28.9 Å². The Labute approximate surface area is 215 Å². The highest BCUT2D eigenvalue weighted by atomic mass is 32.2. The molecule has 3 aromatic rings. The Morgan fingerprint density at radius 1 is 1.03 bits per heavy atom. The Morgan fingerprint density at radius 2 is 1.75 bits per heavy atom. The molecule has 36 heavy (non-hydrogen) atoms. The lowest BCUT2D eigenvalue weighted by Crippen LogP contribution is -2.25. The smallest absolute Gasteiger partial charge is 0.262 e. The Balaban J connectivity index is 1.32. The second-order valence-electron chi connectivity index (χ2n) is 9.03. The topological polar surface area (TPSA) is 74.1 Å². The highest BCUT2D eigenvalue weighted by Crippen LogP contribution is 2.38. The number of hydrogen-bond acceptors (Lipinski definition) is 5. The fourth-order valence-corrected chi connectivity index (χ4v) is 5.41. The van der Waals surface area contributed by atoms with Crippen LogP contribution in [0.1, 0.15) is 48.1 Å². The van der Waals surface area contributed by atoms with Gasteiger partial charge in [0.2, 0.25) is 5.91 Å². The van der Waals surface area contributed by atoms with E-state index >= 15 is 0 Å². The molecule has 0 aliphatic carbocycles. The summed E-state index contributed by atoms with van der Waals surface area (Å²) in [5, 5.41) is 9.63. The molecule has 0 saturated heterocycles. The number of carbonyl (C=O) groups is 2. The summed E-state index contributed by atoms with van der Waals surface area (Å²) in [6.45, 7) is 4.15. The van der Waals surface area contributed by atoms with Gasteiger partial charge in [-0.05, 0) is 42.2 Å². The molecule has 0 aromatic heterocycles. The summed E-state index contributed by atoms with van der Waals surface area (Å²) < 4.78 is 0. The van der Waals surface area contributed by atoms with Gasteiger partial charge in [-0.2, -0.15) is 10.1 Å². The maximum atomic E-state index is 12.8.